The fraction of sp³-hybridized carbons (Fsp3) is 0.471. The van der Waals surface area contributed by atoms with Crippen LogP contribution in [0, 0.1) is 5.92 Å². The molecule has 1 aliphatic heterocycles. The van der Waals surface area contributed by atoms with E-state index in [0.29, 0.717) is 33.6 Å². The van der Waals surface area contributed by atoms with Crippen LogP contribution in [0.1, 0.15) is 25.7 Å². The van der Waals surface area contributed by atoms with E-state index in [2.05, 4.69) is 17.1 Å². The molecule has 0 N–H and O–H groups in total. The molecular weight excluding hydrogens is 362 g/mol. The van der Waals surface area contributed by atoms with Gasteiger partial charge in [-0.3, -0.25) is 4.79 Å². The van der Waals surface area contributed by atoms with Crippen LogP contribution in [0.4, 0.5) is 0 Å². The highest BCUT2D eigenvalue weighted by atomic mass is 35.5. The molecule has 1 aliphatic rings. The molecule has 0 atom stereocenters. The molecule has 1 aromatic carbocycles. The smallest absolute Gasteiger partial charge is 0.277 e. The maximum absolute atomic E-state index is 12.2. The van der Waals surface area contributed by atoms with Crippen molar-refractivity contribution in [3.05, 3.63) is 35.2 Å². The molecule has 0 saturated carbocycles. The first kappa shape index (κ1) is 18.1. The van der Waals surface area contributed by atoms with Crippen LogP contribution in [-0.4, -0.2) is 39.8 Å². The van der Waals surface area contributed by atoms with Crippen LogP contribution in [0.3, 0.4) is 0 Å². The fourth-order valence-electron chi connectivity index (χ4n) is 2.50. The summed E-state index contributed by atoms with van der Waals surface area (Å²) in [6.45, 7) is 4.07. The molecule has 0 bridgehead atoms. The summed E-state index contributed by atoms with van der Waals surface area (Å²) in [5, 5.41) is 8.91. The summed E-state index contributed by atoms with van der Waals surface area (Å²) in [7, 11) is 0. The van der Waals surface area contributed by atoms with Crippen molar-refractivity contribution in [3.63, 3.8) is 0 Å². The second-order valence-corrected chi connectivity index (χ2v) is 7.42. The van der Waals surface area contributed by atoms with Crippen LogP contribution in [-0.2, 0) is 11.4 Å². The topological polar surface area (TPSA) is 68.5 Å². The SMILES string of the molecule is CC1CCN(C(=O)CSc2nnc(COc3ccc(Cl)cc3)o2)CC1. The zero-order valence-electron chi connectivity index (χ0n) is 14.0. The second-order valence-electron chi connectivity index (χ2n) is 6.06. The monoisotopic (exact) mass is 381 g/mol. The summed E-state index contributed by atoms with van der Waals surface area (Å²) >= 11 is 7.09. The van der Waals surface area contributed by atoms with Gasteiger partial charge in [-0.15, -0.1) is 10.2 Å². The molecule has 0 spiro atoms. The van der Waals surface area contributed by atoms with E-state index in [0.717, 1.165) is 25.9 Å². The molecule has 6 nitrogen and oxygen atoms in total. The predicted molar refractivity (Wildman–Crippen MR) is 95.8 cm³/mol. The third-order valence-corrected chi connectivity index (χ3v) is 5.13. The third-order valence-electron chi connectivity index (χ3n) is 4.08. The maximum Gasteiger partial charge on any atom is 0.277 e. The Hall–Kier alpha value is -1.73. The van der Waals surface area contributed by atoms with Crippen molar-refractivity contribution in [2.75, 3.05) is 18.8 Å². The lowest BCUT2D eigenvalue weighted by Crippen LogP contribution is -2.38. The number of carbonyl (C=O) groups is 1. The minimum Gasteiger partial charge on any atom is -0.484 e. The van der Waals surface area contributed by atoms with Gasteiger partial charge in [0.2, 0.25) is 5.91 Å². The molecule has 134 valence electrons. The second kappa shape index (κ2) is 8.58. The molecule has 2 heterocycles. The molecular formula is C17H20ClN3O3S. The number of hydrogen-bond acceptors (Lipinski definition) is 6. The van der Waals surface area contributed by atoms with Crippen molar-refractivity contribution < 1.29 is 13.9 Å². The highest BCUT2D eigenvalue weighted by molar-refractivity contribution is 7.99. The van der Waals surface area contributed by atoms with Crippen LogP contribution >= 0.6 is 23.4 Å². The number of aromatic nitrogens is 2. The molecule has 25 heavy (non-hydrogen) atoms. The molecule has 2 aromatic rings. The van der Waals surface area contributed by atoms with Crippen molar-refractivity contribution in [2.24, 2.45) is 5.92 Å². The van der Waals surface area contributed by atoms with Gasteiger partial charge in [-0.2, -0.15) is 0 Å². The summed E-state index contributed by atoms with van der Waals surface area (Å²) in [6.07, 6.45) is 2.15. The van der Waals surface area contributed by atoms with Crippen LogP contribution in [0.2, 0.25) is 5.02 Å². The van der Waals surface area contributed by atoms with Crippen LogP contribution in [0.15, 0.2) is 33.9 Å². The number of halogens is 1. The number of amides is 1. The number of ether oxygens (including phenoxy) is 1. The number of benzene rings is 1. The van der Waals surface area contributed by atoms with E-state index in [4.69, 9.17) is 20.8 Å². The first-order chi connectivity index (χ1) is 12.1. The number of thioether (sulfide) groups is 1. The minimum absolute atomic E-state index is 0.120. The summed E-state index contributed by atoms with van der Waals surface area (Å²) in [5.74, 6) is 2.18. The Bertz CT molecular complexity index is 699. The summed E-state index contributed by atoms with van der Waals surface area (Å²) < 4.78 is 11.1. The van der Waals surface area contributed by atoms with Crippen molar-refractivity contribution in [1.29, 1.82) is 0 Å². The normalized spacial score (nSPS) is 15.4. The minimum atomic E-state index is 0.120. The molecule has 1 amide bonds. The van der Waals surface area contributed by atoms with E-state index in [1.54, 1.807) is 24.3 Å². The van der Waals surface area contributed by atoms with Gasteiger partial charge >= 0.3 is 0 Å². The maximum atomic E-state index is 12.2. The van der Waals surface area contributed by atoms with Gasteiger partial charge in [0.15, 0.2) is 6.61 Å². The van der Waals surface area contributed by atoms with Gasteiger partial charge < -0.3 is 14.1 Å². The van der Waals surface area contributed by atoms with Crippen LogP contribution < -0.4 is 4.74 Å². The lowest BCUT2D eigenvalue weighted by molar-refractivity contribution is -0.129. The standard InChI is InChI=1S/C17H20ClN3O3S/c1-12-6-8-21(9-7-12)16(22)11-25-17-20-19-15(24-17)10-23-14-4-2-13(18)3-5-14/h2-5,12H,6-11H2,1H3. The number of carbonyl (C=O) groups excluding carboxylic acids is 1. The van der Waals surface area contributed by atoms with E-state index in [1.165, 1.54) is 11.8 Å². The van der Waals surface area contributed by atoms with E-state index in [-0.39, 0.29) is 12.5 Å². The summed E-state index contributed by atoms with van der Waals surface area (Å²) in [6, 6.07) is 7.04. The number of piperidine rings is 1. The number of hydrogen-bond donors (Lipinski definition) is 0. The van der Waals surface area contributed by atoms with Gasteiger partial charge in [-0.25, -0.2) is 0 Å². The highest BCUT2D eigenvalue weighted by Crippen LogP contribution is 2.21. The van der Waals surface area contributed by atoms with E-state index >= 15 is 0 Å². The number of nitrogens with zero attached hydrogens (tertiary/aromatic N) is 3. The summed E-state index contributed by atoms with van der Waals surface area (Å²) in [5.41, 5.74) is 0. The quantitative estimate of drug-likeness (QED) is 0.711. The summed E-state index contributed by atoms with van der Waals surface area (Å²) in [4.78, 5) is 14.1. The molecule has 8 heteroatoms. The predicted octanol–water partition coefficient (Wildman–Crippen LogP) is 3.65. The molecule has 3 rings (SSSR count). The van der Waals surface area contributed by atoms with Crippen LogP contribution in [0.25, 0.3) is 0 Å². The van der Waals surface area contributed by atoms with Gasteiger partial charge in [0, 0.05) is 18.1 Å². The van der Waals surface area contributed by atoms with E-state index in [1.807, 2.05) is 4.90 Å². The van der Waals surface area contributed by atoms with Crippen molar-refractivity contribution in [2.45, 2.75) is 31.6 Å². The Morgan fingerprint density at radius 3 is 2.76 bits per heavy atom. The van der Waals surface area contributed by atoms with Crippen molar-refractivity contribution in [3.8, 4) is 5.75 Å². The van der Waals surface area contributed by atoms with E-state index in [9.17, 15) is 4.79 Å². The Labute approximate surface area is 155 Å². The molecule has 0 unspecified atom stereocenters. The Morgan fingerprint density at radius 2 is 2.04 bits per heavy atom. The Balaban J connectivity index is 1.43. The number of likely N-dealkylation sites (tertiary alicyclic amines) is 1. The van der Waals surface area contributed by atoms with Gasteiger partial charge in [-0.1, -0.05) is 30.3 Å². The van der Waals surface area contributed by atoms with Gasteiger partial charge in [0.25, 0.3) is 11.1 Å². The zero-order valence-corrected chi connectivity index (χ0v) is 15.6. The lowest BCUT2D eigenvalue weighted by Gasteiger charge is -2.30. The largest absolute Gasteiger partial charge is 0.484 e. The highest BCUT2D eigenvalue weighted by Gasteiger charge is 2.21. The average molecular weight is 382 g/mol. The first-order valence-electron chi connectivity index (χ1n) is 8.21. The molecule has 1 fully saturated rings. The molecule has 1 aromatic heterocycles. The van der Waals surface area contributed by atoms with Gasteiger partial charge in [-0.05, 0) is 43.0 Å². The number of rotatable bonds is 6. The third kappa shape index (κ3) is 5.37. The Morgan fingerprint density at radius 1 is 1.32 bits per heavy atom. The Kier molecular flexibility index (Phi) is 6.20. The first-order valence-corrected chi connectivity index (χ1v) is 9.58. The van der Waals surface area contributed by atoms with E-state index < -0.39 is 0 Å². The molecule has 0 aliphatic carbocycles. The average Bonchev–Trinajstić information content (AvgIpc) is 3.08. The van der Waals surface area contributed by atoms with Gasteiger partial charge in [0.05, 0.1) is 5.75 Å². The lowest BCUT2D eigenvalue weighted by atomic mass is 9.99. The van der Waals surface area contributed by atoms with Crippen molar-refractivity contribution >= 4 is 29.3 Å². The van der Waals surface area contributed by atoms with Crippen molar-refractivity contribution in [1.82, 2.24) is 15.1 Å². The van der Waals surface area contributed by atoms with Crippen LogP contribution in [0.5, 0.6) is 5.75 Å². The zero-order chi connectivity index (χ0) is 17.6. The fourth-order valence-corrected chi connectivity index (χ4v) is 3.31. The van der Waals surface area contributed by atoms with Gasteiger partial charge in [0.1, 0.15) is 5.75 Å². The molecule has 0 radical (unpaired) electrons. The molecule has 1 saturated heterocycles.